The number of hydrogen-bond acceptors (Lipinski definition) is 4. The largest absolute Gasteiger partial charge is 0.385 e. The van der Waals surface area contributed by atoms with Gasteiger partial charge in [-0.1, -0.05) is 0 Å². The third-order valence-corrected chi connectivity index (χ3v) is 3.04. The molecule has 0 bridgehead atoms. The highest BCUT2D eigenvalue weighted by Crippen LogP contribution is 2.30. The number of benzene rings is 1. The zero-order chi connectivity index (χ0) is 12.3. The lowest BCUT2D eigenvalue weighted by molar-refractivity contribution is -0.384. The lowest BCUT2D eigenvalue weighted by Crippen LogP contribution is -2.16. The lowest BCUT2D eigenvalue weighted by atomic mass is 10.3. The van der Waals surface area contributed by atoms with E-state index in [0.717, 1.165) is 18.3 Å². The summed E-state index contributed by atoms with van der Waals surface area (Å²) in [4.78, 5) is 12.3. The summed E-state index contributed by atoms with van der Waals surface area (Å²) in [5, 5.41) is 13.3. The van der Waals surface area contributed by atoms with Crippen molar-refractivity contribution in [3.05, 3.63) is 34.4 Å². The molecule has 1 aromatic carbocycles. The second-order valence-corrected chi connectivity index (χ2v) is 4.27. The van der Waals surface area contributed by atoms with E-state index in [1.807, 2.05) is 6.92 Å². The molecular weight excluding hydrogens is 218 g/mol. The van der Waals surface area contributed by atoms with Crippen molar-refractivity contribution in [2.75, 3.05) is 25.0 Å². The number of rotatable bonds is 3. The van der Waals surface area contributed by atoms with E-state index in [-0.39, 0.29) is 5.69 Å². The summed E-state index contributed by atoms with van der Waals surface area (Å²) in [6.45, 7) is 5.60. The number of hydrogen-bond donors (Lipinski definition) is 1. The molecule has 2 aliphatic heterocycles. The molecule has 1 aromatic rings. The Labute approximate surface area is 101 Å². The third-order valence-electron chi connectivity index (χ3n) is 3.04. The van der Waals surface area contributed by atoms with Gasteiger partial charge in [0.15, 0.2) is 0 Å². The van der Waals surface area contributed by atoms with Gasteiger partial charge in [-0.15, -0.1) is 0 Å². The fraction of sp³-hybridized carbons (Fsp3) is 0.500. The summed E-state index contributed by atoms with van der Waals surface area (Å²) in [5.74, 6) is 0. The highest BCUT2D eigenvalue weighted by molar-refractivity contribution is 5.48. The van der Waals surface area contributed by atoms with Crippen molar-refractivity contribution in [1.29, 1.82) is 0 Å². The monoisotopic (exact) mass is 235 g/mol. The first-order chi connectivity index (χ1) is 8.20. The quantitative estimate of drug-likeness (QED) is 0.495. The number of nitro benzene ring substituents is 1. The Balaban J connectivity index is 0.000000174. The van der Waals surface area contributed by atoms with Crippen LogP contribution in [0.4, 0.5) is 11.4 Å². The van der Waals surface area contributed by atoms with Gasteiger partial charge in [0.25, 0.3) is 5.69 Å². The van der Waals surface area contributed by atoms with Crippen LogP contribution in [0.15, 0.2) is 24.3 Å². The molecule has 0 aliphatic carbocycles. The summed E-state index contributed by atoms with van der Waals surface area (Å²) in [6.07, 6.45) is 1.49. The molecule has 2 atom stereocenters. The van der Waals surface area contributed by atoms with Crippen LogP contribution < -0.4 is 5.32 Å². The Kier molecular flexibility index (Phi) is 3.58. The first kappa shape index (κ1) is 11.9. The SMILES string of the molecule is C1CN2CC12.CCNc1ccc([N+](=O)[O-])cc1. The Morgan fingerprint density at radius 2 is 2.12 bits per heavy atom. The van der Waals surface area contributed by atoms with E-state index < -0.39 is 4.92 Å². The molecule has 0 amide bonds. The van der Waals surface area contributed by atoms with Gasteiger partial charge in [0, 0.05) is 43.5 Å². The number of anilines is 1. The molecule has 0 spiro atoms. The molecule has 92 valence electrons. The van der Waals surface area contributed by atoms with Crippen LogP contribution in [0.1, 0.15) is 13.3 Å². The predicted octanol–water partition coefficient (Wildman–Crippen LogP) is 2.10. The summed E-state index contributed by atoms with van der Waals surface area (Å²) >= 11 is 0. The van der Waals surface area contributed by atoms with Crippen molar-refractivity contribution in [2.24, 2.45) is 0 Å². The number of nitrogens with zero attached hydrogens (tertiary/aromatic N) is 2. The standard InChI is InChI=1S/C8H10N2O2.C4H7N/c1-2-9-7-3-5-8(6-4-7)10(11)12;1-2-5-3-4(1)5/h3-6,9H,2H2,1H3;4H,1-3H2. The van der Waals surface area contributed by atoms with Crippen LogP contribution in [0.5, 0.6) is 0 Å². The lowest BCUT2D eigenvalue weighted by Gasteiger charge is -2.08. The van der Waals surface area contributed by atoms with Gasteiger partial charge >= 0.3 is 0 Å². The maximum Gasteiger partial charge on any atom is 0.269 e. The second-order valence-electron chi connectivity index (χ2n) is 4.27. The van der Waals surface area contributed by atoms with Crippen molar-refractivity contribution in [3.8, 4) is 0 Å². The highest BCUT2D eigenvalue weighted by atomic mass is 16.6. The van der Waals surface area contributed by atoms with Crippen LogP contribution in [-0.4, -0.2) is 35.5 Å². The minimum absolute atomic E-state index is 0.122. The molecule has 2 saturated heterocycles. The number of non-ortho nitro benzene ring substituents is 1. The smallest absolute Gasteiger partial charge is 0.269 e. The van der Waals surface area contributed by atoms with Crippen LogP contribution in [0.25, 0.3) is 0 Å². The fourth-order valence-corrected chi connectivity index (χ4v) is 1.81. The molecule has 2 aliphatic rings. The minimum Gasteiger partial charge on any atom is -0.385 e. The molecule has 5 heteroatoms. The molecule has 0 aromatic heterocycles. The summed E-state index contributed by atoms with van der Waals surface area (Å²) < 4.78 is 0. The molecular formula is C12H17N3O2. The zero-order valence-electron chi connectivity index (χ0n) is 9.93. The average molecular weight is 235 g/mol. The minimum atomic E-state index is -0.407. The van der Waals surface area contributed by atoms with Crippen LogP contribution >= 0.6 is 0 Å². The number of nitro groups is 1. The Hall–Kier alpha value is -1.62. The van der Waals surface area contributed by atoms with Crippen molar-refractivity contribution in [3.63, 3.8) is 0 Å². The second kappa shape index (κ2) is 5.14. The van der Waals surface area contributed by atoms with Crippen molar-refractivity contribution in [1.82, 2.24) is 4.90 Å². The van der Waals surface area contributed by atoms with Gasteiger partial charge in [0.05, 0.1) is 4.92 Å². The average Bonchev–Trinajstić information content (AvgIpc) is 2.87. The van der Waals surface area contributed by atoms with Gasteiger partial charge < -0.3 is 5.32 Å². The molecule has 17 heavy (non-hydrogen) atoms. The molecule has 0 radical (unpaired) electrons. The van der Waals surface area contributed by atoms with Gasteiger partial charge in [-0.25, -0.2) is 0 Å². The van der Waals surface area contributed by atoms with Crippen molar-refractivity contribution >= 4 is 11.4 Å². The Morgan fingerprint density at radius 3 is 2.41 bits per heavy atom. The summed E-state index contributed by atoms with van der Waals surface area (Å²) in [7, 11) is 0. The van der Waals surface area contributed by atoms with Gasteiger partial charge in [-0.2, -0.15) is 0 Å². The maximum atomic E-state index is 10.3. The maximum absolute atomic E-state index is 10.3. The fourth-order valence-electron chi connectivity index (χ4n) is 1.81. The van der Waals surface area contributed by atoms with Crippen LogP contribution in [-0.2, 0) is 0 Å². The summed E-state index contributed by atoms with van der Waals surface area (Å²) in [6, 6.07) is 7.43. The molecule has 0 saturated carbocycles. The van der Waals surface area contributed by atoms with E-state index in [0.29, 0.717) is 0 Å². The van der Waals surface area contributed by atoms with E-state index in [9.17, 15) is 10.1 Å². The van der Waals surface area contributed by atoms with E-state index in [2.05, 4.69) is 10.2 Å². The molecule has 2 fully saturated rings. The molecule has 1 N–H and O–H groups in total. The van der Waals surface area contributed by atoms with Gasteiger partial charge in [-0.05, 0) is 25.5 Å². The van der Waals surface area contributed by atoms with E-state index in [1.54, 1.807) is 12.1 Å². The predicted molar refractivity (Wildman–Crippen MR) is 67.2 cm³/mol. The third kappa shape index (κ3) is 3.17. The van der Waals surface area contributed by atoms with E-state index in [1.165, 1.54) is 31.6 Å². The van der Waals surface area contributed by atoms with Crippen molar-refractivity contribution < 1.29 is 4.92 Å². The van der Waals surface area contributed by atoms with E-state index >= 15 is 0 Å². The Morgan fingerprint density at radius 1 is 1.47 bits per heavy atom. The van der Waals surface area contributed by atoms with Gasteiger partial charge in [0.1, 0.15) is 0 Å². The van der Waals surface area contributed by atoms with Gasteiger partial charge in [0.2, 0.25) is 0 Å². The topological polar surface area (TPSA) is 58.2 Å². The Bertz CT molecular complexity index is 379. The normalized spacial score (nSPS) is 23.6. The highest BCUT2D eigenvalue weighted by Gasteiger charge is 2.41. The molecule has 3 rings (SSSR count). The first-order valence-corrected chi connectivity index (χ1v) is 5.93. The van der Waals surface area contributed by atoms with Crippen molar-refractivity contribution in [2.45, 2.75) is 19.4 Å². The summed E-state index contributed by atoms with van der Waals surface area (Å²) in [5.41, 5.74) is 1.03. The number of nitrogens with one attached hydrogen (secondary N) is 1. The molecule has 2 heterocycles. The van der Waals surface area contributed by atoms with Crippen LogP contribution in [0, 0.1) is 10.1 Å². The van der Waals surface area contributed by atoms with E-state index in [4.69, 9.17) is 0 Å². The zero-order valence-corrected chi connectivity index (χ0v) is 9.93. The van der Waals surface area contributed by atoms with Crippen LogP contribution in [0.2, 0.25) is 0 Å². The number of fused-ring (bicyclic) bond motifs is 1. The molecule has 2 unspecified atom stereocenters. The van der Waals surface area contributed by atoms with Crippen LogP contribution in [0.3, 0.4) is 0 Å². The first-order valence-electron chi connectivity index (χ1n) is 5.93. The van der Waals surface area contributed by atoms with Gasteiger partial charge in [-0.3, -0.25) is 15.0 Å². The molecule has 5 nitrogen and oxygen atoms in total.